The predicted molar refractivity (Wildman–Crippen MR) is 70.8 cm³/mol. The number of likely N-dealkylation sites (N-methyl/N-ethyl adjacent to an activating group) is 1. The summed E-state index contributed by atoms with van der Waals surface area (Å²) in [7, 11) is 2.17. The Morgan fingerprint density at radius 3 is 2.25 bits per heavy atom. The summed E-state index contributed by atoms with van der Waals surface area (Å²) in [5.41, 5.74) is 1.26. The van der Waals surface area contributed by atoms with E-state index < -0.39 is 0 Å². The number of piperazine rings is 1. The van der Waals surface area contributed by atoms with Crippen LogP contribution in [0.25, 0.3) is 0 Å². The molecule has 1 saturated heterocycles. The van der Waals surface area contributed by atoms with Crippen LogP contribution >= 0.6 is 0 Å². The summed E-state index contributed by atoms with van der Waals surface area (Å²) in [6.07, 6.45) is 6.14. The maximum Gasteiger partial charge on any atom is 0.128 e. The van der Waals surface area contributed by atoms with Crippen molar-refractivity contribution in [1.29, 1.82) is 0 Å². The van der Waals surface area contributed by atoms with Crippen molar-refractivity contribution in [2.24, 2.45) is 4.99 Å². The second kappa shape index (κ2) is 6.48. The molecule has 0 bridgehead atoms. The Labute approximate surface area is 99.1 Å². The summed E-state index contributed by atoms with van der Waals surface area (Å²) in [6.45, 7) is 10.5. The minimum atomic E-state index is 1.07. The van der Waals surface area contributed by atoms with Gasteiger partial charge in [0.2, 0.25) is 0 Å². The molecule has 0 aromatic carbocycles. The first-order valence-electron chi connectivity index (χ1n) is 5.94. The number of hydrogen-bond acceptors (Lipinski definition) is 3. The van der Waals surface area contributed by atoms with Gasteiger partial charge in [-0.3, -0.25) is 0 Å². The Kier molecular flexibility index (Phi) is 5.26. The van der Waals surface area contributed by atoms with Crippen molar-refractivity contribution in [1.82, 2.24) is 9.80 Å². The van der Waals surface area contributed by atoms with Crippen LogP contribution in [0.1, 0.15) is 20.8 Å². The molecule has 3 heteroatoms. The Bertz CT molecular complexity index is 294. The molecule has 3 nitrogen and oxygen atoms in total. The van der Waals surface area contributed by atoms with Crippen LogP contribution in [0.15, 0.2) is 28.5 Å². The van der Waals surface area contributed by atoms with Gasteiger partial charge >= 0.3 is 0 Å². The molecule has 0 spiro atoms. The summed E-state index contributed by atoms with van der Waals surface area (Å²) < 4.78 is 0. The van der Waals surface area contributed by atoms with Gasteiger partial charge in [-0.05, 0) is 33.9 Å². The van der Waals surface area contributed by atoms with Crippen LogP contribution in [0.3, 0.4) is 0 Å². The zero-order chi connectivity index (χ0) is 12.0. The van der Waals surface area contributed by atoms with Gasteiger partial charge in [-0.1, -0.05) is 11.6 Å². The van der Waals surface area contributed by atoms with Crippen LogP contribution in [0.2, 0.25) is 0 Å². The Hall–Kier alpha value is -1.09. The lowest BCUT2D eigenvalue weighted by molar-refractivity contribution is 0.185. The molecule has 90 valence electrons. The number of hydrogen-bond donors (Lipinski definition) is 0. The van der Waals surface area contributed by atoms with Gasteiger partial charge in [-0.25, -0.2) is 4.99 Å². The fraction of sp³-hybridized carbons (Fsp3) is 0.615. The lowest BCUT2D eigenvalue weighted by Crippen LogP contribution is -2.43. The topological polar surface area (TPSA) is 18.8 Å². The Balaban J connectivity index is 2.74. The molecule has 0 aliphatic carbocycles. The predicted octanol–water partition coefficient (Wildman–Crippen LogP) is 2.13. The van der Waals surface area contributed by atoms with Crippen molar-refractivity contribution in [3.63, 3.8) is 0 Å². The van der Waals surface area contributed by atoms with Gasteiger partial charge in [0.25, 0.3) is 0 Å². The molecule has 0 N–H and O–H groups in total. The molecule has 0 radical (unpaired) electrons. The summed E-state index contributed by atoms with van der Waals surface area (Å²) in [4.78, 5) is 9.17. The summed E-state index contributed by atoms with van der Waals surface area (Å²) in [5.74, 6) is 1.09. The first-order valence-corrected chi connectivity index (χ1v) is 5.94. The number of aliphatic imine (C=N–C) groups is 1. The molecule has 1 heterocycles. The average molecular weight is 221 g/mol. The smallest absolute Gasteiger partial charge is 0.128 e. The van der Waals surface area contributed by atoms with E-state index in [9.17, 15) is 0 Å². The zero-order valence-electron chi connectivity index (χ0n) is 10.9. The lowest BCUT2D eigenvalue weighted by atomic mass is 10.2. The third kappa shape index (κ3) is 3.81. The maximum absolute atomic E-state index is 4.46. The molecule has 1 rings (SSSR count). The number of rotatable bonds is 3. The van der Waals surface area contributed by atoms with E-state index in [1.807, 2.05) is 13.1 Å². The van der Waals surface area contributed by atoms with Crippen LogP contribution in [0.5, 0.6) is 0 Å². The summed E-state index contributed by atoms with van der Waals surface area (Å²) in [6, 6.07) is 0. The van der Waals surface area contributed by atoms with E-state index in [0.717, 1.165) is 32.0 Å². The Morgan fingerprint density at radius 2 is 1.75 bits per heavy atom. The quantitative estimate of drug-likeness (QED) is 0.537. The van der Waals surface area contributed by atoms with Crippen molar-refractivity contribution in [3.05, 3.63) is 23.5 Å². The van der Waals surface area contributed by atoms with Crippen molar-refractivity contribution in [2.45, 2.75) is 20.8 Å². The second-order valence-electron chi connectivity index (χ2n) is 4.21. The van der Waals surface area contributed by atoms with E-state index in [1.165, 1.54) is 5.57 Å². The number of allylic oxidation sites excluding steroid dienone is 3. The van der Waals surface area contributed by atoms with E-state index in [4.69, 9.17) is 0 Å². The van der Waals surface area contributed by atoms with E-state index in [-0.39, 0.29) is 0 Å². The van der Waals surface area contributed by atoms with Gasteiger partial charge in [-0.15, -0.1) is 0 Å². The largest absolute Gasteiger partial charge is 0.354 e. The highest BCUT2D eigenvalue weighted by Crippen LogP contribution is 2.12. The van der Waals surface area contributed by atoms with E-state index >= 15 is 0 Å². The molecule has 1 aliphatic rings. The minimum Gasteiger partial charge on any atom is -0.354 e. The van der Waals surface area contributed by atoms with Crippen molar-refractivity contribution in [2.75, 3.05) is 33.2 Å². The fourth-order valence-electron chi connectivity index (χ4n) is 1.66. The first kappa shape index (κ1) is 13.0. The summed E-state index contributed by atoms with van der Waals surface area (Å²) >= 11 is 0. The van der Waals surface area contributed by atoms with Gasteiger partial charge in [0, 0.05) is 32.4 Å². The molecule has 1 fully saturated rings. The van der Waals surface area contributed by atoms with Crippen molar-refractivity contribution in [3.8, 4) is 0 Å². The highest BCUT2D eigenvalue weighted by Gasteiger charge is 2.15. The molecule has 0 aromatic heterocycles. The third-order valence-corrected chi connectivity index (χ3v) is 2.90. The lowest BCUT2D eigenvalue weighted by Gasteiger charge is -2.34. The van der Waals surface area contributed by atoms with Crippen LogP contribution < -0.4 is 0 Å². The molecular weight excluding hydrogens is 198 g/mol. The molecule has 1 aliphatic heterocycles. The van der Waals surface area contributed by atoms with Gasteiger partial charge in [-0.2, -0.15) is 0 Å². The highest BCUT2D eigenvalue weighted by atomic mass is 15.3. The zero-order valence-corrected chi connectivity index (χ0v) is 10.9. The van der Waals surface area contributed by atoms with Gasteiger partial charge in [0.1, 0.15) is 5.82 Å². The fourth-order valence-corrected chi connectivity index (χ4v) is 1.66. The maximum atomic E-state index is 4.46. The van der Waals surface area contributed by atoms with Crippen molar-refractivity contribution >= 4 is 6.21 Å². The molecule has 0 atom stereocenters. The van der Waals surface area contributed by atoms with E-state index in [2.05, 4.69) is 47.8 Å². The van der Waals surface area contributed by atoms with Crippen LogP contribution in [0.4, 0.5) is 0 Å². The van der Waals surface area contributed by atoms with Crippen LogP contribution in [0, 0.1) is 0 Å². The molecule has 0 aromatic rings. The van der Waals surface area contributed by atoms with E-state index in [0.29, 0.717) is 0 Å². The van der Waals surface area contributed by atoms with Crippen LogP contribution in [-0.2, 0) is 0 Å². The second-order valence-corrected chi connectivity index (χ2v) is 4.21. The molecule has 0 unspecified atom stereocenters. The van der Waals surface area contributed by atoms with Gasteiger partial charge in [0.15, 0.2) is 0 Å². The van der Waals surface area contributed by atoms with Crippen LogP contribution in [-0.4, -0.2) is 49.2 Å². The summed E-state index contributed by atoms with van der Waals surface area (Å²) in [5, 5.41) is 0. The highest BCUT2D eigenvalue weighted by molar-refractivity contribution is 5.55. The monoisotopic (exact) mass is 221 g/mol. The van der Waals surface area contributed by atoms with Gasteiger partial charge < -0.3 is 9.80 Å². The number of nitrogens with zero attached hydrogens (tertiary/aromatic N) is 3. The molecule has 0 amide bonds. The normalized spacial score (nSPS) is 20.9. The molecular formula is C13H23N3. The third-order valence-electron chi connectivity index (χ3n) is 2.90. The standard InChI is InChI=1S/C13H23N3/c1-5-12(3)11-13(14-6-2)16-9-7-15(4)8-10-16/h5-6,11H,7-10H2,1-4H3/b12-5-,13-11+,14-6-. The minimum absolute atomic E-state index is 1.07. The Morgan fingerprint density at radius 1 is 1.12 bits per heavy atom. The molecule has 16 heavy (non-hydrogen) atoms. The van der Waals surface area contributed by atoms with Crippen molar-refractivity contribution < 1.29 is 0 Å². The van der Waals surface area contributed by atoms with E-state index in [1.54, 1.807) is 0 Å². The SMILES string of the molecule is C\C=N/C(=C\C(C)=C/C)N1CCN(C)CC1. The average Bonchev–Trinajstić information content (AvgIpc) is 2.29. The molecule has 0 saturated carbocycles. The van der Waals surface area contributed by atoms with Gasteiger partial charge in [0.05, 0.1) is 0 Å². The first-order chi connectivity index (χ1) is 7.67.